The summed E-state index contributed by atoms with van der Waals surface area (Å²) in [5, 5.41) is 0. The van der Waals surface area contributed by atoms with Crippen LogP contribution in [0.1, 0.15) is 48.3 Å². The zero-order valence-corrected chi connectivity index (χ0v) is 17.3. The first-order chi connectivity index (χ1) is 13.4. The number of esters is 1. The number of rotatable bonds is 5. The van der Waals surface area contributed by atoms with Crippen LogP contribution in [0.2, 0.25) is 0 Å². The molecule has 2 aromatic rings. The molecule has 1 aliphatic heterocycles. The van der Waals surface area contributed by atoms with Crippen LogP contribution < -0.4 is 0 Å². The van der Waals surface area contributed by atoms with Gasteiger partial charge in [0.05, 0.1) is 17.9 Å². The fourth-order valence-corrected chi connectivity index (χ4v) is 4.06. The number of hydrogen-bond acceptors (Lipinski definition) is 3. The zero-order chi connectivity index (χ0) is 20.3. The Bertz CT molecular complexity index is 846. The lowest BCUT2D eigenvalue weighted by atomic mass is 9.99. The van der Waals surface area contributed by atoms with Gasteiger partial charge in [0.2, 0.25) is 5.91 Å². The van der Waals surface area contributed by atoms with E-state index in [2.05, 4.69) is 6.92 Å². The average Bonchev–Trinajstić information content (AvgIpc) is 2.93. The van der Waals surface area contributed by atoms with Crippen molar-refractivity contribution < 1.29 is 14.3 Å². The van der Waals surface area contributed by atoms with Crippen molar-refractivity contribution in [3.63, 3.8) is 0 Å². The summed E-state index contributed by atoms with van der Waals surface area (Å²) in [6.45, 7) is 10.1. The van der Waals surface area contributed by atoms with E-state index in [1.807, 2.05) is 53.6 Å². The van der Waals surface area contributed by atoms with E-state index in [1.165, 1.54) is 0 Å². The number of carbonyl (C=O) groups excluding carboxylic acids is 2. The zero-order valence-electron chi connectivity index (χ0n) is 17.3. The van der Waals surface area contributed by atoms with E-state index in [1.54, 1.807) is 6.92 Å². The highest BCUT2D eigenvalue weighted by Gasteiger charge is 2.27. The van der Waals surface area contributed by atoms with Crippen molar-refractivity contribution in [2.75, 3.05) is 19.7 Å². The van der Waals surface area contributed by atoms with E-state index in [9.17, 15) is 9.59 Å². The van der Waals surface area contributed by atoms with Crippen LogP contribution in [0, 0.1) is 19.8 Å². The largest absolute Gasteiger partial charge is 0.462 e. The summed E-state index contributed by atoms with van der Waals surface area (Å²) in [6, 6.07) is 9.93. The first-order valence-electron chi connectivity index (χ1n) is 10.1. The molecular weight excluding hydrogens is 352 g/mol. The Kier molecular flexibility index (Phi) is 6.22. The molecule has 1 amide bonds. The van der Waals surface area contributed by atoms with Crippen molar-refractivity contribution in [1.29, 1.82) is 0 Å². The molecule has 150 valence electrons. The highest BCUT2D eigenvalue weighted by molar-refractivity contribution is 5.95. The van der Waals surface area contributed by atoms with Crippen molar-refractivity contribution in [1.82, 2.24) is 9.47 Å². The SMILES string of the molecule is CCOC(=O)c1c(C)c(-c2ccccc2)n(CC(=O)N2CCC(C)CC2)c1C. The summed E-state index contributed by atoms with van der Waals surface area (Å²) in [5.74, 6) is 0.458. The Morgan fingerprint density at radius 1 is 1.11 bits per heavy atom. The third-order valence-corrected chi connectivity index (χ3v) is 5.72. The van der Waals surface area contributed by atoms with Gasteiger partial charge in [0, 0.05) is 18.8 Å². The molecule has 0 aliphatic carbocycles. The monoisotopic (exact) mass is 382 g/mol. The molecule has 5 heteroatoms. The van der Waals surface area contributed by atoms with Crippen molar-refractivity contribution in [3.8, 4) is 11.3 Å². The van der Waals surface area contributed by atoms with Gasteiger partial charge in [-0.1, -0.05) is 37.3 Å². The molecule has 3 rings (SSSR count). The number of piperidine rings is 1. The maximum absolute atomic E-state index is 13.0. The van der Waals surface area contributed by atoms with Gasteiger partial charge in [0.15, 0.2) is 0 Å². The number of likely N-dealkylation sites (tertiary alicyclic amines) is 1. The predicted molar refractivity (Wildman–Crippen MR) is 110 cm³/mol. The minimum Gasteiger partial charge on any atom is -0.462 e. The molecule has 0 unspecified atom stereocenters. The molecule has 1 aromatic carbocycles. The van der Waals surface area contributed by atoms with Gasteiger partial charge >= 0.3 is 5.97 Å². The standard InChI is InChI=1S/C23H30N2O3/c1-5-28-23(27)21-17(3)22(19-9-7-6-8-10-19)25(18(21)4)15-20(26)24-13-11-16(2)12-14-24/h6-10,16H,5,11-15H2,1-4H3. The predicted octanol–water partition coefficient (Wildman–Crippen LogP) is 4.21. The van der Waals surface area contributed by atoms with E-state index < -0.39 is 0 Å². The van der Waals surface area contributed by atoms with Crippen LogP contribution in [0.3, 0.4) is 0 Å². The Labute approximate surface area is 167 Å². The molecule has 0 spiro atoms. The smallest absolute Gasteiger partial charge is 0.340 e. The molecule has 0 saturated carbocycles. The van der Waals surface area contributed by atoms with Crippen LogP contribution >= 0.6 is 0 Å². The summed E-state index contributed by atoms with van der Waals surface area (Å²) >= 11 is 0. The van der Waals surface area contributed by atoms with Gasteiger partial charge in [0.25, 0.3) is 0 Å². The minimum absolute atomic E-state index is 0.109. The maximum atomic E-state index is 13.0. The minimum atomic E-state index is -0.326. The molecule has 1 saturated heterocycles. The van der Waals surface area contributed by atoms with E-state index in [0.717, 1.165) is 48.4 Å². The molecule has 28 heavy (non-hydrogen) atoms. The molecule has 0 radical (unpaired) electrons. The Balaban J connectivity index is 2.00. The van der Waals surface area contributed by atoms with Crippen molar-refractivity contribution in [3.05, 3.63) is 47.2 Å². The van der Waals surface area contributed by atoms with Crippen LogP contribution in [-0.4, -0.2) is 41.0 Å². The highest BCUT2D eigenvalue weighted by atomic mass is 16.5. The highest BCUT2D eigenvalue weighted by Crippen LogP contribution is 2.32. The molecule has 1 aromatic heterocycles. The normalized spacial score (nSPS) is 14.9. The lowest BCUT2D eigenvalue weighted by Gasteiger charge is -2.30. The van der Waals surface area contributed by atoms with E-state index in [4.69, 9.17) is 4.74 Å². The van der Waals surface area contributed by atoms with E-state index in [0.29, 0.717) is 18.1 Å². The molecule has 0 N–H and O–H groups in total. The molecular formula is C23H30N2O3. The van der Waals surface area contributed by atoms with Crippen LogP contribution in [0.5, 0.6) is 0 Å². The fraction of sp³-hybridized carbons (Fsp3) is 0.478. The summed E-state index contributed by atoms with van der Waals surface area (Å²) in [6.07, 6.45) is 2.10. The average molecular weight is 383 g/mol. The van der Waals surface area contributed by atoms with Crippen molar-refractivity contribution >= 4 is 11.9 Å². The van der Waals surface area contributed by atoms with Gasteiger partial charge in [-0.2, -0.15) is 0 Å². The maximum Gasteiger partial charge on any atom is 0.340 e. The van der Waals surface area contributed by atoms with Crippen LogP contribution in [0.15, 0.2) is 30.3 Å². The number of amides is 1. The Morgan fingerprint density at radius 3 is 2.36 bits per heavy atom. The number of hydrogen-bond donors (Lipinski definition) is 0. The van der Waals surface area contributed by atoms with Crippen LogP contribution in [0.4, 0.5) is 0 Å². The van der Waals surface area contributed by atoms with Crippen molar-refractivity contribution in [2.24, 2.45) is 5.92 Å². The summed E-state index contributed by atoms with van der Waals surface area (Å²) < 4.78 is 7.26. The van der Waals surface area contributed by atoms with Gasteiger partial charge in [-0.25, -0.2) is 4.79 Å². The second-order valence-corrected chi connectivity index (χ2v) is 7.67. The first-order valence-corrected chi connectivity index (χ1v) is 10.1. The Hall–Kier alpha value is -2.56. The topological polar surface area (TPSA) is 51.5 Å². The first kappa shape index (κ1) is 20.2. The molecule has 2 heterocycles. The summed E-state index contributed by atoms with van der Waals surface area (Å²) in [5.41, 5.74) is 4.13. The third kappa shape index (κ3) is 3.98. The number of nitrogens with zero attached hydrogens (tertiary/aromatic N) is 2. The fourth-order valence-electron chi connectivity index (χ4n) is 4.06. The lowest BCUT2D eigenvalue weighted by Crippen LogP contribution is -2.40. The molecule has 0 bridgehead atoms. The third-order valence-electron chi connectivity index (χ3n) is 5.72. The number of carbonyl (C=O) groups is 2. The number of ether oxygens (including phenoxy) is 1. The summed E-state index contributed by atoms with van der Waals surface area (Å²) in [7, 11) is 0. The van der Waals surface area contributed by atoms with Crippen molar-refractivity contribution in [2.45, 2.75) is 47.1 Å². The number of aromatic nitrogens is 1. The second-order valence-electron chi connectivity index (χ2n) is 7.67. The van der Waals surface area contributed by atoms with Gasteiger partial charge in [0.1, 0.15) is 6.54 Å². The van der Waals surface area contributed by atoms with E-state index >= 15 is 0 Å². The Morgan fingerprint density at radius 2 is 1.75 bits per heavy atom. The van der Waals surface area contributed by atoms with Crippen LogP contribution in [0.25, 0.3) is 11.3 Å². The molecule has 1 fully saturated rings. The molecule has 5 nitrogen and oxygen atoms in total. The van der Waals surface area contributed by atoms with Gasteiger partial charge in [-0.15, -0.1) is 0 Å². The number of benzene rings is 1. The molecule has 1 aliphatic rings. The summed E-state index contributed by atoms with van der Waals surface area (Å²) in [4.78, 5) is 27.5. The second kappa shape index (κ2) is 8.63. The quantitative estimate of drug-likeness (QED) is 0.728. The van der Waals surface area contributed by atoms with Crippen LogP contribution in [-0.2, 0) is 16.1 Å². The lowest BCUT2D eigenvalue weighted by molar-refractivity contribution is -0.133. The van der Waals surface area contributed by atoms with Gasteiger partial charge < -0.3 is 14.2 Å². The molecule has 0 atom stereocenters. The van der Waals surface area contributed by atoms with Gasteiger partial charge in [-0.3, -0.25) is 4.79 Å². The van der Waals surface area contributed by atoms with Gasteiger partial charge in [-0.05, 0) is 50.7 Å². The van der Waals surface area contributed by atoms with E-state index in [-0.39, 0.29) is 18.4 Å².